The van der Waals surface area contributed by atoms with Crippen LogP contribution in [0.15, 0.2) is 72.8 Å². The van der Waals surface area contributed by atoms with Gasteiger partial charge in [-0.25, -0.2) is 0 Å². The van der Waals surface area contributed by atoms with E-state index in [0.29, 0.717) is 0 Å². The van der Waals surface area contributed by atoms with Crippen LogP contribution >= 0.6 is 0 Å². The van der Waals surface area contributed by atoms with Crippen LogP contribution in [0.2, 0.25) is 0 Å². The molecule has 0 aromatic heterocycles. The van der Waals surface area contributed by atoms with Crippen molar-refractivity contribution >= 4 is 11.4 Å². The van der Waals surface area contributed by atoms with Gasteiger partial charge in [0.05, 0.1) is 7.11 Å². The van der Waals surface area contributed by atoms with E-state index in [0.717, 1.165) is 18.7 Å². The Morgan fingerprint density at radius 1 is 0.826 bits per heavy atom. The summed E-state index contributed by atoms with van der Waals surface area (Å²) in [6.45, 7) is 0.839. The number of hydrogen-bond donors (Lipinski definition) is 0. The summed E-state index contributed by atoms with van der Waals surface area (Å²) in [6, 6.07) is 25.7. The van der Waals surface area contributed by atoms with Gasteiger partial charge in [0, 0.05) is 24.3 Å². The van der Waals surface area contributed by atoms with Crippen LogP contribution in [-0.4, -0.2) is 7.11 Å². The van der Waals surface area contributed by atoms with E-state index in [1.54, 1.807) is 7.11 Å². The highest BCUT2D eigenvalue weighted by Crippen LogP contribution is 2.39. The number of anilines is 2. The summed E-state index contributed by atoms with van der Waals surface area (Å²) in [5, 5.41) is 0. The zero-order chi connectivity index (χ0) is 15.6. The maximum absolute atomic E-state index is 5.36. The highest BCUT2D eigenvalue weighted by atomic mass is 16.5. The van der Waals surface area contributed by atoms with Gasteiger partial charge in [0.25, 0.3) is 0 Å². The lowest BCUT2D eigenvalue weighted by molar-refractivity contribution is 0.414. The summed E-state index contributed by atoms with van der Waals surface area (Å²) < 4.78 is 5.36. The molecular weight excluding hydrogens is 282 g/mol. The molecule has 4 rings (SSSR count). The Kier molecular flexibility index (Phi) is 3.51. The van der Waals surface area contributed by atoms with E-state index >= 15 is 0 Å². The molecule has 114 valence electrons. The highest BCUT2D eigenvalue weighted by molar-refractivity contribution is 5.74. The Balaban J connectivity index is 1.78. The van der Waals surface area contributed by atoms with Crippen LogP contribution in [-0.2, 0) is 13.0 Å². The predicted octanol–water partition coefficient (Wildman–Crippen LogP) is 4.94. The van der Waals surface area contributed by atoms with Gasteiger partial charge in [-0.05, 0) is 41.0 Å². The normalized spacial score (nSPS) is 12.5. The number of benzene rings is 3. The number of nitrogens with zero attached hydrogens (tertiary/aromatic N) is 1. The number of para-hydroxylation sites is 2. The molecule has 0 atom stereocenters. The number of ether oxygens (including phenoxy) is 1. The molecule has 0 bridgehead atoms. The fourth-order valence-electron chi connectivity index (χ4n) is 3.31. The Bertz CT molecular complexity index is 795. The topological polar surface area (TPSA) is 12.5 Å². The van der Waals surface area contributed by atoms with E-state index < -0.39 is 0 Å². The minimum atomic E-state index is 0.839. The Morgan fingerprint density at radius 3 is 2.13 bits per heavy atom. The van der Waals surface area contributed by atoms with Crippen molar-refractivity contribution in [1.82, 2.24) is 0 Å². The number of hydrogen-bond acceptors (Lipinski definition) is 2. The highest BCUT2D eigenvalue weighted by Gasteiger charge is 2.21. The van der Waals surface area contributed by atoms with Crippen LogP contribution < -0.4 is 9.64 Å². The second-order valence-corrected chi connectivity index (χ2v) is 5.87. The zero-order valence-corrected chi connectivity index (χ0v) is 13.2. The van der Waals surface area contributed by atoms with Gasteiger partial charge in [0.1, 0.15) is 5.75 Å². The smallest absolute Gasteiger partial charge is 0.119 e. The molecule has 0 saturated carbocycles. The summed E-state index contributed by atoms with van der Waals surface area (Å²) in [7, 11) is 1.71. The van der Waals surface area contributed by atoms with E-state index in [-0.39, 0.29) is 0 Å². The molecule has 0 fully saturated rings. The molecule has 0 N–H and O–H groups in total. The van der Waals surface area contributed by atoms with Gasteiger partial charge in [-0.3, -0.25) is 0 Å². The Labute approximate surface area is 137 Å². The Hall–Kier alpha value is -2.74. The standard InChI is InChI=1S/C21H19NO/c1-23-19-10-6-7-16(13-19)15-22-20-11-4-2-8-17(20)14-18-9-3-5-12-21(18)22/h2-13H,14-15H2,1H3. The molecule has 0 unspecified atom stereocenters. The zero-order valence-electron chi connectivity index (χ0n) is 13.2. The number of rotatable bonds is 3. The van der Waals surface area contributed by atoms with Gasteiger partial charge >= 0.3 is 0 Å². The first-order valence-electron chi connectivity index (χ1n) is 7.91. The average Bonchev–Trinajstić information content (AvgIpc) is 2.61. The molecule has 2 nitrogen and oxygen atoms in total. The maximum Gasteiger partial charge on any atom is 0.119 e. The molecule has 0 amide bonds. The monoisotopic (exact) mass is 301 g/mol. The lowest BCUT2D eigenvalue weighted by Crippen LogP contribution is -2.22. The van der Waals surface area contributed by atoms with Crippen LogP contribution in [0.4, 0.5) is 11.4 Å². The minimum absolute atomic E-state index is 0.839. The van der Waals surface area contributed by atoms with Gasteiger partial charge in [0.2, 0.25) is 0 Å². The van der Waals surface area contributed by atoms with Crippen molar-refractivity contribution in [3.63, 3.8) is 0 Å². The molecule has 1 aliphatic heterocycles. The van der Waals surface area contributed by atoms with Crippen LogP contribution in [0.25, 0.3) is 0 Å². The first-order valence-corrected chi connectivity index (χ1v) is 7.91. The molecule has 0 saturated heterocycles. The molecule has 1 aliphatic rings. The minimum Gasteiger partial charge on any atom is -0.497 e. The Morgan fingerprint density at radius 2 is 1.48 bits per heavy atom. The number of fused-ring (bicyclic) bond motifs is 2. The predicted molar refractivity (Wildman–Crippen MR) is 94.5 cm³/mol. The lowest BCUT2D eigenvalue weighted by atomic mass is 9.95. The fourth-order valence-corrected chi connectivity index (χ4v) is 3.31. The largest absolute Gasteiger partial charge is 0.497 e. The van der Waals surface area contributed by atoms with E-state index in [9.17, 15) is 0 Å². The third-order valence-corrected chi connectivity index (χ3v) is 4.42. The van der Waals surface area contributed by atoms with Crippen LogP contribution in [0.3, 0.4) is 0 Å². The summed E-state index contributed by atoms with van der Waals surface area (Å²) in [5.41, 5.74) is 6.61. The third kappa shape index (κ3) is 2.57. The molecule has 3 aromatic rings. The lowest BCUT2D eigenvalue weighted by Gasteiger charge is -2.33. The molecule has 1 heterocycles. The van der Waals surface area contributed by atoms with Crippen molar-refractivity contribution in [3.8, 4) is 5.75 Å². The van der Waals surface area contributed by atoms with E-state index in [1.165, 1.54) is 28.1 Å². The van der Waals surface area contributed by atoms with Crippen LogP contribution in [0.5, 0.6) is 5.75 Å². The van der Waals surface area contributed by atoms with Gasteiger partial charge in [0.15, 0.2) is 0 Å². The van der Waals surface area contributed by atoms with Crippen molar-refractivity contribution in [3.05, 3.63) is 89.5 Å². The first kappa shape index (κ1) is 13.9. The molecule has 0 spiro atoms. The average molecular weight is 301 g/mol. The van der Waals surface area contributed by atoms with Crippen molar-refractivity contribution in [2.24, 2.45) is 0 Å². The molecule has 2 heteroatoms. The molecule has 3 aromatic carbocycles. The fraction of sp³-hybridized carbons (Fsp3) is 0.143. The maximum atomic E-state index is 5.36. The van der Waals surface area contributed by atoms with Gasteiger partial charge in [-0.15, -0.1) is 0 Å². The second kappa shape index (κ2) is 5.81. The van der Waals surface area contributed by atoms with Crippen molar-refractivity contribution < 1.29 is 4.74 Å². The summed E-state index contributed by atoms with van der Waals surface area (Å²) in [5.74, 6) is 0.904. The SMILES string of the molecule is COc1cccc(CN2c3ccccc3Cc3ccccc32)c1. The van der Waals surface area contributed by atoms with Gasteiger partial charge < -0.3 is 9.64 Å². The molecule has 0 radical (unpaired) electrons. The summed E-state index contributed by atoms with van der Waals surface area (Å²) in [4.78, 5) is 2.41. The van der Waals surface area contributed by atoms with Crippen molar-refractivity contribution in [2.45, 2.75) is 13.0 Å². The first-order chi connectivity index (χ1) is 11.3. The van der Waals surface area contributed by atoms with Crippen molar-refractivity contribution in [1.29, 1.82) is 0 Å². The van der Waals surface area contributed by atoms with Gasteiger partial charge in [-0.1, -0.05) is 48.5 Å². The van der Waals surface area contributed by atoms with Gasteiger partial charge in [-0.2, -0.15) is 0 Å². The van der Waals surface area contributed by atoms with Crippen LogP contribution in [0.1, 0.15) is 16.7 Å². The van der Waals surface area contributed by atoms with E-state index in [2.05, 4.69) is 71.6 Å². The second-order valence-electron chi connectivity index (χ2n) is 5.87. The molecule has 23 heavy (non-hydrogen) atoms. The summed E-state index contributed by atoms with van der Waals surface area (Å²) >= 11 is 0. The summed E-state index contributed by atoms with van der Waals surface area (Å²) in [6.07, 6.45) is 1.00. The molecule has 0 aliphatic carbocycles. The quantitative estimate of drug-likeness (QED) is 0.679. The third-order valence-electron chi connectivity index (χ3n) is 4.42. The van der Waals surface area contributed by atoms with Crippen molar-refractivity contribution in [2.75, 3.05) is 12.0 Å². The van der Waals surface area contributed by atoms with Crippen LogP contribution in [0, 0.1) is 0 Å². The van der Waals surface area contributed by atoms with E-state index in [4.69, 9.17) is 4.74 Å². The molecular formula is C21H19NO. The number of methoxy groups -OCH3 is 1. The van der Waals surface area contributed by atoms with E-state index in [1.807, 2.05) is 6.07 Å².